The van der Waals surface area contributed by atoms with Gasteiger partial charge < -0.3 is 29.9 Å². The number of nitrogens with one attached hydrogen (secondary N) is 1. The molecule has 0 fully saturated rings. The van der Waals surface area contributed by atoms with Gasteiger partial charge in [0.15, 0.2) is 29.1 Å². The summed E-state index contributed by atoms with van der Waals surface area (Å²) < 4.78 is 19.2. The predicted octanol–water partition coefficient (Wildman–Crippen LogP) is 8.56. The van der Waals surface area contributed by atoms with Gasteiger partial charge in [0.1, 0.15) is 31.9 Å². The third-order valence-corrected chi connectivity index (χ3v) is 10.6. The van der Waals surface area contributed by atoms with Crippen molar-refractivity contribution in [1.29, 1.82) is 0 Å². The van der Waals surface area contributed by atoms with Gasteiger partial charge in [-0.2, -0.15) is 20.4 Å². The SMILES string of the molecule is CC(C)O.CC(C)OC(=O)/C=C\Cn1cnc(-c2cccc(Cl)c2)n1.CCOC(=O)/C=C\CBr.COCC(=O)/C=C\Cn1cnc(-c2cccc(Cl)c2)n1.Clc1cccc(-c2ncn[nH]2)c1.O=C(O)/C=C\Cn1cnc(-c2cccc(Cl)c2)n1.[Li+].[OH-]. The van der Waals surface area contributed by atoms with Crippen molar-refractivity contribution in [3.8, 4) is 45.6 Å². The third-order valence-electron chi connectivity index (χ3n) is 9.33. The van der Waals surface area contributed by atoms with E-state index in [0.717, 1.165) is 34.2 Å². The molecular weight excluding hydrogens is 1250 g/mol. The molecule has 4 heterocycles. The third kappa shape index (κ3) is 33.3. The van der Waals surface area contributed by atoms with Crippen LogP contribution in [0.15, 0.2) is 171 Å². The summed E-state index contributed by atoms with van der Waals surface area (Å²) in [7, 11) is 1.49. The van der Waals surface area contributed by atoms with Crippen LogP contribution in [0.25, 0.3) is 45.6 Å². The van der Waals surface area contributed by atoms with Crippen LogP contribution in [-0.4, -0.2) is 137 Å². The Morgan fingerprint density at radius 3 is 1.37 bits per heavy atom. The minimum Gasteiger partial charge on any atom is -0.870 e. The first-order valence-electron chi connectivity index (χ1n) is 25.4. The van der Waals surface area contributed by atoms with Crippen LogP contribution in [0.3, 0.4) is 0 Å². The average molecular weight is 1320 g/mol. The molecule has 0 aliphatic carbocycles. The van der Waals surface area contributed by atoms with Gasteiger partial charge in [-0.15, -0.1) is 0 Å². The van der Waals surface area contributed by atoms with Crippen LogP contribution in [0, 0.1) is 0 Å². The Kier molecular flexibility index (Phi) is 39.3. The molecule has 4 aromatic heterocycles. The number of aliphatic hydroxyl groups is 1. The normalized spacial score (nSPS) is 10.5. The van der Waals surface area contributed by atoms with Crippen molar-refractivity contribution in [3.63, 3.8) is 0 Å². The second-order valence-corrected chi connectivity index (χ2v) is 19.5. The topological polar surface area (TPSA) is 300 Å². The molecule has 0 atom stereocenters. The van der Waals surface area contributed by atoms with Crippen molar-refractivity contribution in [3.05, 3.63) is 191 Å². The Morgan fingerprint density at radius 2 is 1.01 bits per heavy atom. The van der Waals surface area contributed by atoms with E-state index in [2.05, 4.69) is 66.1 Å². The fourth-order valence-electron chi connectivity index (χ4n) is 6.01. The summed E-state index contributed by atoms with van der Waals surface area (Å²) in [5.41, 5.74) is 3.48. The minimum absolute atomic E-state index is 0. The van der Waals surface area contributed by atoms with Crippen molar-refractivity contribution in [2.24, 2.45) is 0 Å². The van der Waals surface area contributed by atoms with Crippen LogP contribution in [-0.2, 0) is 53.0 Å². The number of allylic oxidation sites excluding steroid dienone is 4. The number of methoxy groups -OCH3 is 1. The van der Waals surface area contributed by atoms with E-state index in [0.29, 0.717) is 69.1 Å². The molecule has 0 unspecified atom stereocenters. The van der Waals surface area contributed by atoms with Crippen molar-refractivity contribution in [2.75, 3.05) is 25.7 Å². The Morgan fingerprint density at radius 1 is 0.616 bits per heavy atom. The summed E-state index contributed by atoms with van der Waals surface area (Å²) in [6.07, 6.45) is 17.9. The molecule has 22 nitrogen and oxygen atoms in total. The predicted molar refractivity (Wildman–Crippen MR) is 330 cm³/mol. The first-order valence-corrected chi connectivity index (χ1v) is 28.0. The van der Waals surface area contributed by atoms with Crippen LogP contribution in [0.1, 0.15) is 34.6 Å². The number of ketones is 1. The molecule has 8 rings (SSSR count). The number of H-pyrrole nitrogens is 1. The molecule has 0 aliphatic rings. The average Bonchev–Trinajstić information content (AvgIpc) is 4.45. The van der Waals surface area contributed by atoms with E-state index in [1.165, 1.54) is 37.7 Å². The Balaban J connectivity index is 0.000000538. The Labute approximate surface area is 538 Å². The van der Waals surface area contributed by atoms with E-state index in [9.17, 15) is 19.2 Å². The van der Waals surface area contributed by atoms with Crippen molar-refractivity contribution in [1.82, 2.24) is 59.5 Å². The second kappa shape index (κ2) is 44.1. The molecule has 0 bridgehead atoms. The van der Waals surface area contributed by atoms with E-state index < -0.39 is 5.97 Å². The van der Waals surface area contributed by atoms with Gasteiger partial charge in [0.05, 0.1) is 32.3 Å². The Hall–Kier alpha value is -7.40. The van der Waals surface area contributed by atoms with Gasteiger partial charge in [-0.1, -0.05) is 135 Å². The zero-order chi connectivity index (χ0) is 61.7. The molecule has 0 radical (unpaired) electrons. The maximum atomic E-state index is 11.3. The summed E-state index contributed by atoms with van der Waals surface area (Å²) in [4.78, 5) is 59.9. The number of aromatic nitrogens is 12. The van der Waals surface area contributed by atoms with Gasteiger partial charge in [0.2, 0.25) is 0 Å². The van der Waals surface area contributed by atoms with Crippen molar-refractivity contribution in [2.45, 2.75) is 66.5 Å². The molecule has 28 heteroatoms. The van der Waals surface area contributed by atoms with Crippen molar-refractivity contribution < 1.29 is 67.9 Å². The summed E-state index contributed by atoms with van der Waals surface area (Å²) >= 11 is 26.7. The van der Waals surface area contributed by atoms with Gasteiger partial charge in [0.25, 0.3) is 0 Å². The number of aliphatic hydroxyl groups excluding tert-OH is 1. The molecule has 4 N–H and O–H groups in total. The largest absolute Gasteiger partial charge is 1.00 e. The standard InChI is InChI=1S/C15H16ClN3O2.C14H14ClN3O2.C12H10ClN3O2.C8H6ClN3.C6H9BrO2.C3H8O.Li.H2O/c1-11(2)21-14(20)7-4-8-19-10-17-15(18-19)12-5-3-6-13(16)9-12;1-20-9-13(19)6-3-7-18-10-16-14(17-18)11-4-2-5-12(15)8-11;13-10-4-1-3-9(7-10)12-14-8-16(15-12)6-2-5-11(17)18;9-7-3-1-2-6(4-7)8-10-5-11-12-8;1-2-9-6(8)4-3-5-7;1-3(2)4;;/h3-7,9-11H,8H2,1-2H3;2-6,8,10H,7,9H2,1H3;1-5,7-8H,6H2,(H,17,18);1-5H,(H,10,11,12);3-4H,2,5H2,1H3;3-4H,1-2H3;;1H2/q;;;;;;+1;/p-1/b7-4-;6-3-;5-2-;;4-3-;;;. The number of esters is 2. The molecule has 452 valence electrons. The van der Waals surface area contributed by atoms with E-state index in [-0.39, 0.29) is 60.9 Å². The number of hydrogen-bond acceptors (Lipinski definition) is 17. The molecule has 0 spiro atoms. The molecule has 86 heavy (non-hydrogen) atoms. The minimum atomic E-state index is -0.981. The number of hydrogen-bond donors (Lipinski definition) is 3. The summed E-state index contributed by atoms with van der Waals surface area (Å²) in [5, 5.41) is 39.2. The molecule has 4 aromatic carbocycles. The summed E-state index contributed by atoms with van der Waals surface area (Å²) in [6, 6.07) is 29.4. The quantitative estimate of drug-likeness (QED) is 0.0295. The fraction of sp³-hybridized carbons (Fsp3) is 0.241. The maximum absolute atomic E-state index is 11.3. The first kappa shape index (κ1) is 76.6. The molecule has 0 saturated heterocycles. The molecule has 0 amide bonds. The molecule has 0 saturated carbocycles. The fourth-order valence-corrected chi connectivity index (χ4v) is 6.96. The van der Waals surface area contributed by atoms with Gasteiger partial charge in [-0.3, -0.25) is 9.89 Å². The van der Waals surface area contributed by atoms with E-state index in [1.807, 2.05) is 60.7 Å². The first-order chi connectivity index (χ1) is 40.3. The van der Waals surface area contributed by atoms with Crippen LogP contribution in [0.5, 0.6) is 0 Å². The summed E-state index contributed by atoms with van der Waals surface area (Å²) in [5.74, 6) is 0.781. The number of ether oxygens (including phenoxy) is 3. The van der Waals surface area contributed by atoms with Crippen LogP contribution < -0.4 is 18.9 Å². The number of carbonyl (C=O) groups is 4. The van der Waals surface area contributed by atoms with Crippen molar-refractivity contribution >= 4 is 86.0 Å². The number of rotatable bonds is 19. The number of carboxylic acid groups (broad SMARTS) is 1. The van der Waals surface area contributed by atoms with Crippen LogP contribution in [0.4, 0.5) is 0 Å². The number of carboxylic acids is 1. The number of carbonyl (C=O) groups excluding carboxylic acids is 3. The summed E-state index contributed by atoms with van der Waals surface area (Å²) in [6.45, 7) is 10.6. The molecule has 0 aliphatic heterocycles. The van der Waals surface area contributed by atoms with E-state index in [4.69, 9.17) is 66.1 Å². The number of alkyl halides is 1. The van der Waals surface area contributed by atoms with Gasteiger partial charge in [-0.05, 0) is 89.2 Å². The number of benzene rings is 4. The number of nitrogens with zero attached hydrogens (tertiary/aromatic N) is 11. The molecular formula is C58H64BrCl4LiN12O10. The number of aromatic amines is 1. The van der Waals surface area contributed by atoms with Gasteiger partial charge >= 0.3 is 36.8 Å². The monoisotopic (exact) mass is 1310 g/mol. The van der Waals surface area contributed by atoms with Crippen LogP contribution >= 0.6 is 62.3 Å². The number of aliphatic carboxylic acids is 1. The van der Waals surface area contributed by atoms with Gasteiger partial charge in [0, 0.05) is 79.1 Å². The molecule has 8 aromatic rings. The van der Waals surface area contributed by atoms with Gasteiger partial charge in [-0.25, -0.2) is 48.4 Å². The smallest absolute Gasteiger partial charge is 0.870 e. The van der Waals surface area contributed by atoms with E-state index in [1.54, 1.807) is 122 Å². The second-order valence-electron chi connectivity index (χ2n) is 17.1. The zero-order valence-electron chi connectivity index (χ0n) is 48.1. The zero-order valence-corrected chi connectivity index (χ0v) is 52.7. The van der Waals surface area contributed by atoms with Crippen LogP contribution in [0.2, 0.25) is 20.1 Å². The maximum Gasteiger partial charge on any atom is 1.00 e. The number of halogens is 5. The Bertz CT molecular complexity index is 3370. The van der Waals surface area contributed by atoms with E-state index >= 15 is 0 Å².